The van der Waals surface area contributed by atoms with Gasteiger partial charge in [0.2, 0.25) is 5.78 Å². The zero-order valence-electron chi connectivity index (χ0n) is 13.3. The molecule has 3 aromatic rings. The molecule has 0 saturated carbocycles. The van der Waals surface area contributed by atoms with Gasteiger partial charge in [0, 0.05) is 15.0 Å². The SMILES string of the molecule is O=C(C1=C(O)C(=O)N(c2cccc(Br)c2)C1c1cccs1)c1cccs1. The van der Waals surface area contributed by atoms with E-state index in [4.69, 9.17) is 0 Å². The first-order chi connectivity index (χ1) is 12.6. The molecule has 0 saturated heterocycles. The molecule has 3 heterocycles. The van der Waals surface area contributed by atoms with Crippen LogP contribution in [0.2, 0.25) is 0 Å². The molecule has 1 aliphatic heterocycles. The van der Waals surface area contributed by atoms with Crippen LogP contribution in [0.15, 0.2) is 75.1 Å². The number of anilines is 1. The van der Waals surface area contributed by atoms with Crippen LogP contribution in [0.4, 0.5) is 5.69 Å². The molecule has 2 aromatic heterocycles. The zero-order valence-corrected chi connectivity index (χ0v) is 16.5. The third-order valence-electron chi connectivity index (χ3n) is 4.10. The van der Waals surface area contributed by atoms with Gasteiger partial charge >= 0.3 is 0 Å². The van der Waals surface area contributed by atoms with Gasteiger partial charge in [0.25, 0.3) is 5.91 Å². The van der Waals surface area contributed by atoms with Crippen molar-refractivity contribution in [3.63, 3.8) is 0 Å². The second-order valence-corrected chi connectivity index (χ2v) is 8.48. The number of rotatable bonds is 4. The van der Waals surface area contributed by atoms with Gasteiger partial charge in [-0.3, -0.25) is 14.5 Å². The normalized spacial score (nSPS) is 17.2. The van der Waals surface area contributed by atoms with Crippen molar-refractivity contribution in [1.82, 2.24) is 0 Å². The Balaban J connectivity index is 1.87. The van der Waals surface area contributed by atoms with E-state index in [0.717, 1.165) is 9.35 Å². The van der Waals surface area contributed by atoms with E-state index in [2.05, 4.69) is 15.9 Å². The first-order valence-electron chi connectivity index (χ1n) is 7.72. The molecule has 7 heteroatoms. The van der Waals surface area contributed by atoms with E-state index in [1.807, 2.05) is 29.6 Å². The first-order valence-corrected chi connectivity index (χ1v) is 10.3. The average Bonchev–Trinajstić information content (AvgIpc) is 3.36. The topological polar surface area (TPSA) is 57.6 Å². The molecule has 1 aromatic carbocycles. The van der Waals surface area contributed by atoms with Crippen LogP contribution in [0, 0.1) is 0 Å². The minimum Gasteiger partial charge on any atom is -0.503 e. The van der Waals surface area contributed by atoms with E-state index in [1.54, 1.807) is 29.6 Å². The standard InChI is InChI=1S/C19H12BrNO3S2/c20-11-4-1-5-12(10-11)21-16(13-6-2-8-25-13)15(18(23)19(21)24)17(22)14-7-3-9-26-14/h1-10,16,23H. The van der Waals surface area contributed by atoms with Crippen LogP contribution in [-0.4, -0.2) is 16.8 Å². The number of amides is 1. The fourth-order valence-corrected chi connectivity index (χ4v) is 4.87. The maximum atomic E-state index is 13.0. The molecular formula is C19H12BrNO3S2. The van der Waals surface area contributed by atoms with Crippen LogP contribution < -0.4 is 4.90 Å². The highest BCUT2D eigenvalue weighted by Crippen LogP contribution is 2.43. The Morgan fingerprint density at radius 1 is 1.08 bits per heavy atom. The van der Waals surface area contributed by atoms with Gasteiger partial charge in [-0.15, -0.1) is 22.7 Å². The van der Waals surface area contributed by atoms with Crippen LogP contribution >= 0.6 is 38.6 Å². The molecular weight excluding hydrogens is 434 g/mol. The quantitative estimate of drug-likeness (QED) is 0.550. The van der Waals surface area contributed by atoms with Crippen molar-refractivity contribution in [3.8, 4) is 0 Å². The van der Waals surface area contributed by atoms with Crippen LogP contribution in [-0.2, 0) is 4.79 Å². The van der Waals surface area contributed by atoms with Gasteiger partial charge in [-0.2, -0.15) is 0 Å². The number of thiophene rings is 2. The summed E-state index contributed by atoms with van der Waals surface area (Å²) in [5.74, 6) is -1.37. The van der Waals surface area contributed by atoms with E-state index in [9.17, 15) is 14.7 Å². The number of benzene rings is 1. The lowest BCUT2D eigenvalue weighted by molar-refractivity contribution is -0.117. The molecule has 26 heavy (non-hydrogen) atoms. The number of aliphatic hydroxyl groups is 1. The Bertz CT molecular complexity index is 1010. The summed E-state index contributed by atoms with van der Waals surface area (Å²) in [6.45, 7) is 0. The Morgan fingerprint density at radius 3 is 2.50 bits per heavy atom. The number of carbonyl (C=O) groups excluding carboxylic acids is 2. The van der Waals surface area contributed by atoms with Crippen molar-refractivity contribution in [2.75, 3.05) is 4.90 Å². The highest BCUT2D eigenvalue weighted by molar-refractivity contribution is 9.10. The number of nitrogens with zero attached hydrogens (tertiary/aromatic N) is 1. The summed E-state index contributed by atoms with van der Waals surface area (Å²) in [6.07, 6.45) is 0. The summed E-state index contributed by atoms with van der Waals surface area (Å²) >= 11 is 6.15. The zero-order chi connectivity index (χ0) is 18.3. The summed E-state index contributed by atoms with van der Waals surface area (Å²) in [4.78, 5) is 28.7. The van der Waals surface area contributed by atoms with Crippen molar-refractivity contribution in [2.24, 2.45) is 0 Å². The van der Waals surface area contributed by atoms with Gasteiger partial charge in [-0.1, -0.05) is 34.1 Å². The molecule has 1 unspecified atom stereocenters. The lowest BCUT2D eigenvalue weighted by Crippen LogP contribution is -2.30. The number of carbonyl (C=O) groups is 2. The number of hydrogen-bond donors (Lipinski definition) is 1. The van der Waals surface area contributed by atoms with Crippen molar-refractivity contribution in [1.29, 1.82) is 0 Å². The minimum atomic E-state index is -0.647. The number of ketones is 1. The molecule has 0 aliphatic carbocycles. The molecule has 4 rings (SSSR count). The summed E-state index contributed by atoms with van der Waals surface area (Å²) in [5.41, 5.74) is 0.739. The van der Waals surface area contributed by atoms with E-state index in [0.29, 0.717) is 10.6 Å². The molecule has 1 N–H and O–H groups in total. The molecule has 0 spiro atoms. The van der Waals surface area contributed by atoms with Gasteiger partial charge in [-0.05, 0) is 41.1 Å². The highest BCUT2D eigenvalue weighted by Gasteiger charge is 2.45. The van der Waals surface area contributed by atoms with Gasteiger partial charge in [0.1, 0.15) is 6.04 Å². The van der Waals surface area contributed by atoms with Gasteiger partial charge in [0.15, 0.2) is 5.76 Å². The predicted molar refractivity (Wildman–Crippen MR) is 107 cm³/mol. The molecule has 0 bridgehead atoms. The number of hydrogen-bond acceptors (Lipinski definition) is 5. The van der Waals surface area contributed by atoms with Gasteiger partial charge in [-0.25, -0.2) is 0 Å². The Morgan fingerprint density at radius 2 is 1.85 bits per heavy atom. The summed E-state index contributed by atoms with van der Waals surface area (Å²) < 4.78 is 0.810. The number of Topliss-reactive ketones (excluding diaryl/α,β-unsaturated/α-hetero) is 1. The van der Waals surface area contributed by atoms with E-state index in [-0.39, 0.29) is 11.4 Å². The van der Waals surface area contributed by atoms with Crippen molar-refractivity contribution in [2.45, 2.75) is 6.04 Å². The molecule has 130 valence electrons. The van der Waals surface area contributed by atoms with Crippen LogP contribution in [0.3, 0.4) is 0 Å². The van der Waals surface area contributed by atoms with E-state index >= 15 is 0 Å². The van der Waals surface area contributed by atoms with Crippen molar-refractivity contribution in [3.05, 3.63) is 84.9 Å². The largest absolute Gasteiger partial charge is 0.503 e. The Hall–Kier alpha value is -2.22. The van der Waals surface area contributed by atoms with E-state index < -0.39 is 17.7 Å². The smallest absolute Gasteiger partial charge is 0.294 e. The Kier molecular flexibility index (Phi) is 4.52. The molecule has 4 nitrogen and oxygen atoms in total. The third-order valence-corrected chi connectivity index (χ3v) is 6.38. The van der Waals surface area contributed by atoms with Crippen LogP contribution in [0.1, 0.15) is 20.6 Å². The second kappa shape index (κ2) is 6.83. The third kappa shape index (κ3) is 2.82. The van der Waals surface area contributed by atoms with Crippen LogP contribution in [0.25, 0.3) is 0 Å². The lowest BCUT2D eigenvalue weighted by atomic mass is 10.0. The monoisotopic (exact) mass is 445 g/mol. The summed E-state index contributed by atoms with van der Waals surface area (Å²) in [6, 6.07) is 13.8. The molecule has 1 amide bonds. The Labute approximate surface area is 166 Å². The fraction of sp³-hybridized carbons (Fsp3) is 0.0526. The highest BCUT2D eigenvalue weighted by atomic mass is 79.9. The minimum absolute atomic E-state index is 0.125. The van der Waals surface area contributed by atoms with Gasteiger partial charge < -0.3 is 5.11 Å². The molecule has 1 atom stereocenters. The second-order valence-electron chi connectivity index (χ2n) is 5.64. The molecule has 0 fully saturated rings. The summed E-state index contributed by atoms with van der Waals surface area (Å²) in [7, 11) is 0. The van der Waals surface area contributed by atoms with Crippen molar-refractivity contribution < 1.29 is 14.7 Å². The lowest BCUT2D eigenvalue weighted by Gasteiger charge is -2.25. The molecule has 0 radical (unpaired) electrons. The number of aliphatic hydroxyl groups excluding tert-OH is 1. The maximum Gasteiger partial charge on any atom is 0.294 e. The van der Waals surface area contributed by atoms with E-state index in [1.165, 1.54) is 27.6 Å². The average molecular weight is 446 g/mol. The van der Waals surface area contributed by atoms with Gasteiger partial charge in [0.05, 0.1) is 10.5 Å². The first kappa shape index (κ1) is 17.2. The van der Waals surface area contributed by atoms with Crippen molar-refractivity contribution >= 4 is 56.0 Å². The number of halogens is 1. The maximum absolute atomic E-state index is 13.0. The molecule has 1 aliphatic rings. The summed E-state index contributed by atoms with van der Waals surface area (Å²) in [5, 5.41) is 14.3. The predicted octanol–water partition coefficient (Wildman–Crippen LogP) is 5.36. The van der Waals surface area contributed by atoms with Crippen LogP contribution in [0.5, 0.6) is 0 Å². The fourth-order valence-electron chi connectivity index (χ4n) is 2.99.